The highest BCUT2D eigenvalue weighted by molar-refractivity contribution is 14.1. The van der Waals surface area contributed by atoms with E-state index in [1.54, 1.807) is 6.08 Å². The molecule has 102 valence electrons. The molecular formula is C19H13IO. The van der Waals surface area contributed by atoms with Crippen LogP contribution in [0.15, 0.2) is 78.4 Å². The van der Waals surface area contributed by atoms with Crippen molar-refractivity contribution in [2.75, 3.05) is 0 Å². The summed E-state index contributed by atoms with van der Waals surface area (Å²) in [4.78, 5) is 11.5. The Balaban J connectivity index is 0.000000160. The van der Waals surface area contributed by atoms with E-state index in [9.17, 15) is 4.79 Å². The predicted octanol–water partition coefficient (Wildman–Crippen LogP) is 4.90. The fraction of sp³-hybridized carbons (Fsp3) is 0. The number of hydrogen-bond donors (Lipinski definition) is 0. The molecule has 0 atom stereocenters. The van der Waals surface area contributed by atoms with E-state index in [1.807, 2.05) is 54.6 Å². The van der Waals surface area contributed by atoms with E-state index in [0.29, 0.717) is 0 Å². The number of carbonyl (C=O) groups excluding carboxylic acids is 1. The molecule has 2 aliphatic carbocycles. The van der Waals surface area contributed by atoms with Crippen molar-refractivity contribution in [2.24, 2.45) is 0 Å². The highest BCUT2D eigenvalue weighted by Gasteiger charge is 2.23. The molecule has 1 nitrogen and oxygen atoms in total. The number of carbonyl (C=O) groups is 1. The lowest BCUT2D eigenvalue weighted by molar-refractivity contribution is -0.110. The van der Waals surface area contributed by atoms with Gasteiger partial charge in [0.25, 0.3) is 0 Å². The van der Waals surface area contributed by atoms with E-state index in [-0.39, 0.29) is 5.78 Å². The molecule has 0 bridgehead atoms. The SMILES string of the molecule is Ic1ccccc1.O=C1C=CC=C2C1=Cc1ccccc12. The summed E-state index contributed by atoms with van der Waals surface area (Å²) in [5.41, 5.74) is 4.20. The second-order valence-corrected chi connectivity index (χ2v) is 5.99. The molecule has 0 aliphatic heterocycles. The Hall–Kier alpha value is -1.94. The summed E-state index contributed by atoms with van der Waals surface area (Å²) in [6.45, 7) is 0. The zero-order chi connectivity index (χ0) is 14.7. The average molecular weight is 384 g/mol. The van der Waals surface area contributed by atoms with E-state index in [0.717, 1.165) is 16.7 Å². The lowest BCUT2D eigenvalue weighted by atomic mass is 9.96. The number of hydrogen-bond acceptors (Lipinski definition) is 1. The van der Waals surface area contributed by atoms with Crippen LogP contribution in [0, 0.1) is 3.57 Å². The van der Waals surface area contributed by atoms with Gasteiger partial charge in [-0.05, 0) is 63.6 Å². The fourth-order valence-corrected chi connectivity index (χ4v) is 2.78. The third-order valence-corrected chi connectivity index (χ3v) is 4.07. The first-order chi connectivity index (χ1) is 10.3. The fourth-order valence-electron chi connectivity index (χ4n) is 2.37. The highest BCUT2D eigenvalue weighted by atomic mass is 127. The van der Waals surface area contributed by atoms with Crippen LogP contribution in [0.2, 0.25) is 0 Å². The van der Waals surface area contributed by atoms with E-state index in [4.69, 9.17) is 0 Å². The van der Waals surface area contributed by atoms with Crippen LogP contribution in [-0.4, -0.2) is 5.78 Å². The molecule has 0 amide bonds. The Morgan fingerprint density at radius 1 is 0.810 bits per heavy atom. The number of allylic oxidation sites excluding steroid dienone is 5. The van der Waals surface area contributed by atoms with E-state index in [1.165, 1.54) is 9.13 Å². The molecule has 0 fully saturated rings. The first-order valence-corrected chi connectivity index (χ1v) is 7.78. The first-order valence-electron chi connectivity index (χ1n) is 6.70. The molecule has 2 aromatic carbocycles. The van der Waals surface area contributed by atoms with Gasteiger partial charge in [0.1, 0.15) is 0 Å². The summed E-state index contributed by atoms with van der Waals surface area (Å²) in [5, 5.41) is 0. The molecule has 0 radical (unpaired) electrons. The highest BCUT2D eigenvalue weighted by Crippen LogP contribution is 2.37. The minimum atomic E-state index is 0.110. The average Bonchev–Trinajstić information content (AvgIpc) is 2.89. The van der Waals surface area contributed by atoms with Gasteiger partial charge < -0.3 is 0 Å². The summed E-state index contributed by atoms with van der Waals surface area (Å²) in [6.07, 6.45) is 7.39. The lowest BCUT2D eigenvalue weighted by Gasteiger charge is -2.06. The molecule has 0 heterocycles. The standard InChI is InChI=1S/C13H8O.C6H5I/c14-13-7-3-6-11-10-5-2-1-4-9(10)8-12(11)13;7-6-4-2-1-3-5-6/h1-8H;1-5H. The van der Waals surface area contributed by atoms with Gasteiger partial charge in [-0.3, -0.25) is 4.79 Å². The smallest absolute Gasteiger partial charge is 0.186 e. The van der Waals surface area contributed by atoms with Crippen LogP contribution in [0.5, 0.6) is 0 Å². The topological polar surface area (TPSA) is 17.1 Å². The van der Waals surface area contributed by atoms with Crippen LogP contribution >= 0.6 is 22.6 Å². The number of halogens is 1. The van der Waals surface area contributed by atoms with Crippen molar-refractivity contribution in [2.45, 2.75) is 0 Å². The van der Waals surface area contributed by atoms with Crippen molar-refractivity contribution in [3.8, 4) is 0 Å². The molecular weight excluding hydrogens is 371 g/mol. The van der Waals surface area contributed by atoms with Crippen LogP contribution < -0.4 is 0 Å². The molecule has 2 aromatic rings. The summed E-state index contributed by atoms with van der Waals surface area (Å²) < 4.78 is 1.29. The Morgan fingerprint density at radius 3 is 2.24 bits per heavy atom. The Kier molecular flexibility index (Phi) is 4.15. The number of ketones is 1. The van der Waals surface area contributed by atoms with Gasteiger partial charge in [0.05, 0.1) is 0 Å². The second-order valence-electron chi connectivity index (χ2n) is 4.74. The number of benzene rings is 2. The van der Waals surface area contributed by atoms with Crippen LogP contribution in [0.3, 0.4) is 0 Å². The quantitative estimate of drug-likeness (QED) is 0.591. The molecule has 0 spiro atoms. The zero-order valence-corrected chi connectivity index (χ0v) is 13.4. The molecule has 0 saturated heterocycles. The van der Waals surface area contributed by atoms with Crippen molar-refractivity contribution < 1.29 is 4.79 Å². The maximum Gasteiger partial charge on any atom is 0.186 e. The molecule has 0 unspecified atom stereocenters. The van der Waals surface area contributed by atoms with Gasteiger partial charge in [0, 0.05) is 9.14 Å². The van der Waals surface area contributed by atoms with Crippen LogP contribution in [0.25, 0.3) is 11.6 Å². The molecule has 2 aliphatic rings. The lowest BCUT2D eigenvalue weighted by Crippen LogP contribution is -2.00. The third-order valence-electron chi connectivity index (χ3n) is 3.35. The van der Waals surface area contributed by atoms with Crippen molar-refractivity contribution in [3.63, 3.8) is 0 Å². The van der Waals surface area contributed by atoms with Gasteiger partial charge >= 0.3 is 0 Å². The molecule has 4 rings (SSSR count). The molecule has 0 saturated carbocycles. The molecule has 0 N–H and O–H groups in total. The van der Waals surface area contributed by atoms with Gasteiger partial charge in [0.2, 0.25) is 0 Å². The van der Waals surface area contributed by atoms with E-state index in [2.05, 4.69) is 40.8 Å². The summed E-state index contributed by atoms with van der Waals surface area (Å²) in [5.74, 6) is 0.110. The van der Waals surface area contributed by atoms with Gasteiger partial charge in [-0.1, -0.05) is 54.6 Å². The van der Waals surface area contributed by atoms with Gasteiger partial charge in [-0.15, -0.1) is 0 Å². The van der Waals surface area contributed by atoms with Gasteiger partial charge in [-0.2, -0.15) is 0 Å². The second kappa shape index (κ2) is 6.22. The van der Waals surface area contributed by atoms with Crippen molar-refractivity contribution in [3.05, 3.63) is 93.1 Å². The maximum absolute atomic E-state index is 11.5. The van der Waals surface area contributed by atoms with E-state index < -0.39 is 0 Å². The monoisotopic (exact) mass is 384 g/mol. The molecule has 2 heteroatoms. The number of fused-ring (bicyclic) bond motifs is 3. The zero-order valence-electron chi connectivity index (χ0n) is 11.3. The largest absolute Gasteiger partial charge is 0.289 e. The van der Waals surface area contributed by atoms with Crippen LogP contribution in [0.4, 0.5) is 0 Å². The summed E-state index contributed by atoms with van der Waals surface area (Å²) in [6, 6.07) is 18.3. The Labute approximate surface area is 137 Å². The number of rotatable bonds is 0. The van der Waals surface area contributed by atoms with Crippen molar-refractivity contribution >= 4 is 40.0 Å². The summed E-state index contributed by atoms with van der Waals surface area (Å²) >= 11 is 2.28. The predicted molar refractivity (Wildman–Crippen MR) is 95.7 cm³/mol. The van der Waals surface area contributed by atoms with Crippen LogP contribution in [-0.2, 0) is 4.79 Å². The molecule has 0 aromatic heterocycles. The summed E-state index contributed by atoms with van der Waals surface area (Å²) in [7, 11) is 0. The van der Waals surface area contributed by atoms with E-state index >= 15 is 0 Å². The van der Waals surface area contributed by atoms with Crippen molar-refractivity contribution in [1.29, 1.82) is 0 Å². The third kappa shape index (κ3) is 3.05. The Bertz CT molecular complexity index is 767. The van der Waals surface area contributed by atoms with Gasteiger partial charge in [-0.25, -0.2) is 0 Å². The van der Waals surface area contributed by atoms with Crippen LogP contribution in [0.1, 0.15) is 11.1 Å². The van der Waals surface area contributed by atoms with Gasteiger partial charge in [0.15, 0.2) is 5.78 Å². The minimum absolute atomic E-state index is 0.110. The first kappa shape index (κ1) is 14.0. The maximum atomic E-state index is 11.5. The van der Waals surface area contributed by atoms with Crippen molar-refractivity contribution in [1.82, 2.24) is 0 Å². The Morgan fingerprint density at radius 2 is 1.52 bits per heavy atom. The normalized spacial score (nSPS) is 14.4. The molecule has 21 heavy (non-hydrogen) atoms. The minimum Gasteiger partial charge on any atom is -0.289 e.